The molecule has 5 aromatic rings. The summed E-state index contributed by atoms with van der Waals surface area (Å²) in [5, 5.41) is 0.743. The Kier molecular flexibility index (Phi) is 5.03. The largest absolute Gasteiger partial charge is 0.360 e. The third-order valence-electron chi connectivity index (χ3n) is 5.71. The van der Waals surface area contributed by atoms with E-state index in [-0.39, 0.29) is 11.3 Å². The van der Waals surface area contributed by atoms with Gasteiger partial charge in [-0.3, -0.25) is 14.7 Å². The molecule has 34 heavy (non-hydrogen) atoms. The monoisotopic (exact) mass is 465 g/mol. The number of thioether (sulfide) groups is 1. The molecule has 1 aliphatic heterocycles. The minimum absolute atomic E-state index is 0.0521. The van der Waals surface area contributed by atoms with E-state index in [2.05, 4.69) is 19.9 Å². The smallest absolute Gasteiger partial charge is 0.240 e. The first-order valence-electron chi connectivity index (χ1n) is 10.7. The summed E-state index contributed by atoms with van der Waals surface area (Å²) in [6.07, 6.45) is 8.63. The second-order valence-corrected chi connectivity index (χ2v) is 9.07. The Labute approximate surface area is 199 Å². The maximum Gasteiger partial charge on any atom is 0.240 e. The van der Waals surface area contributed by atoms with E-state index in [4.69, 9.17) is 9.97 Å². The molecule has 5 heterocycles. The fourth-order valence-electron chi connectivity index (χ4n) is 4.03. The lowest BCUT2D eigenvalue weighted by atomic mass is 10.1. The molecule has 8 nitrogen and oxygen atoms in total. The number of fused-ring (bicyclic) bond motifs is 1. The number of carbonyl (C=O) groups is 1. The van der Waals surface area contributed by atoms with E-state index in [1.54, 1.807) is 17.3 Å². The fourth-order valence-corrected chi connectivity index (χ4v) is 5.14. The zero-order chi connectivity index (χ0) is 23.1. The number of para-hydroxylation sites is 1. The van der Waals surface area contributed by atoms with Crippen LogP contribution in [0.25, 0.3) is 33.4 Å². The summed E-state index contributed by atoms with van der Waals surface area (Å²) in [5.74, 6) is 0.623. The van der Waals surface area contributed by atoms with Gasteiger partial charge in [0.15, 0.2) is 0 Å². The third-order valence-corrected chi connectivity index (χ3v) is 6.89. The van der Waals surface area contributed by atoms with Gasteiger partial charge in [-0.05, 0) is 30.7 Å². The molecule has 0 aliphatic carbocycles. The maximum absolute atomic E-state index is 13.0. The van der Waals surface area contributed by atoms with Crippen LogP contribution in [0.2, 0.25) is 0 Å². The van der Waals surface area contributed by atoms with Crippen LogP contribution < -0.4 is 4.90 Å². The molecular formula is C25H19N7OS. The number of benzene rings is 1. The maximum atomic E-state index is 13.0. The van der Waals surface area contributed by atoms with Crippen molar-refractivity contribution in [2.75, 3.05) is 10.7 Å². The number of aromatic nitrogens is 6. The Morgan fingerprint density at radius 1 is 1.03 bits per heavy atom. The number of nitrogens with zero attached hydrogens (tertiary/aromatic N) is 6. The Morgan fingerprint density at radius 3 is 2.68 bits per heavy atom. The summed E-state index contributed by atoms with van der Waals surface area (Å²) >= 11 is 1.52. The molecule has 1 N–H and O–H groups in total. The van der Waals surface area contributed by atoms with Crippen LogP contribution >= 0.6 is 11.8 Å². The highest BCUT2D eigenvalue weighted by atomic mass is 32.2. The molecule has 1 unspecified atom stereocenters. The molecule has 6 rings (SSSR count). The molecule has 166 valence electrons. The van der Waals surface area contributed by atoms with E-state index in [1.165, 1.54) is 18.1 Å². The Hall–Kier alpha value is -4.11. The Bertz CT molecular complexity index is 1500. The highest BCUT2D eigenvalue weighted by Crippen LogP contribution is 2.41. The van der Waals surface area contributed by atoms with Gasteiger partial charge in [0, 0.05) is 46.8 Å². The van der Waals surface area contributed by atoms with E-state index in [9.17, 15) is 4.79 Å². The first-order chi connectivity index (χ1) is 16.7. The second kappa shape index (κ2) is 8.35. The van der Waals surface area contributed by atoms with Crippen molar-refractivity contribution >= 4 is 34.5 Å². The number of nitrogens with one attached hydrogen (secondary N) is 1. The van der Waals surface area contributed by atoms with Gasteiger partial charge >= 0.3 is 0 Å². The number of H-pyrrole nitrogens is 1. The van der Waals surface area contributed by atoms with Crippen LogP contribution in [-0.4, -0.2) is 41.6 Å². The van der Waals surface area contributed by atoms with Crippen molar-refractivity contribution in [3.63, 3.8) is 0 Å². The number of aromatic amines is 1. The molecule has 0 bridgehead atoms. The topological polar surface area (TPSA) is 101 Å². The molecule has 1 aromatic carbocycles. The van der Waals surface area contributed by atoms with Crippen LogP contribution in [0.15, 0.2) is 73.6 Å². The zero-order valence-electron chi connectivity index (χ0n) is 18.2. The SMILES string of the molecule is Cc1ccc(C2SCC(=O)N2c2nc(-c3cncnc3)cc(-c3c[nH]c4ccccc34)n2)nc1. The van der Waals surface area contributed by atoms with Gasteiger partial charge in [0.05, 0.1) is 22.8 Å². The Balaban J connectivity index is 1.53. The van der Waals surface area contributed by atoms with Crippen LogP contribution in [-0.2, 0) is 4.79 Å². The lowest BCUT2D eigenvalue weighted by Crippen LogP contribution is -2.30. The summed E-state index contributed by atoms with van der Waals surface area (Å²) in [7, 11) is 0. The van der Waals surface area contributed by atoms with Crippen molar-refractivity contribution in [2.45, 2.75) is 12.3 Å². The molecular weight excluding hydrogens is 446 g/mol. The highest BCUT2D eigenvalue weighted by molar-refractivity contribution is 8.00. The van der Waals surface area contributed by atoms with Gasteiger partial charge in [0.2, 0.25) is 11.9 Å². The number of hydrogen-bond acceptors (Lipinski definition) is 7. The summed E-state index contributed by atoms with van der Waals surface area (Å²) in [6.45, 7) is 1.99. The van der Waals surface area contributed by atoms with Gasteiger partial charge in [-0.1, -0.05) is 24.3 Å². The molecule has 1 amide bonds. The first-order valence-corrected chi connectivity index (χ1v) is 11.8. The summed E-state index contributed by atoms with van der Waals surface area (Å²) in [5.41, 5.74) is 5.91. The van der Waals surface area contributed by atoms with Crippen LogP contribution in [0.3, 0.4) is 0 Å². The molecule has 0 saturated carbocycles. The normalized spacial score (nSPS) is 15.9. The number of anilines is 1. The van der Waals surface area contributed by atoms with Gasteiger partial charge in [0.1, 0.15) is 11.7 Å². The molecule has 4 aromatic heterocycles. The van der Waals surface area contributed by atoms with Crippen LogP contribution in [0.1, 0.15) is 16.6 Å². The minimum atomic E-state index is -0.300. The third kappa shape index (κ3) is 3.60. The lowest BCUT2D eigenvalue weighted by Gasteiger charge is -2.22. The average molecular weight is 466 g/mol. The van der Waals surface area contributed by atoms with Gasteiger partial charge in [-0.2, -0.15) is 0 Å². The number of aryl methyl sites for hydroxylation is 1. The lowest BCUT2D eigenvalue weighted by molar-refractivity contribution is -0.115. The number of carbonyl (C=O) groups excluding carboxylic acids is 1. The van der Waals surface area contributed by atoms with Crippen molar-refractivity contribution in [2.24, 2.45) is 0 Å². The van der Waals surface area contributed by atoms with Gasteiger partial charge in [0.25, 0.3) is 0 Å². The summed E-state index contributed by atoms with van der Waals surface area (Å²) in [6, 6.07) is 13.9. The van der Waals surface area contributed by atoms with E-state index in [1.807, 2.05) is 61.8 Å². The summed E-state index contributed by atoms with van der Waals surface area (Å²) in [4.78, 5) is 40.5. The van der Waals surface area contributed by atoms with E-state index < -0.39 is 0 Å². The van der Waals surface area contributed by atoms with Crippen molar-refractivity contribution in [1.29, 1.82) is 0 Å². The molecule has 1 fully saturated rings. The van der Waals surface area contributed by atoms with Crippen LogP contribution in [0.5, 0.6) is 0 Å². The number of hydrogen-bond donors (Lipinski definition) is 1. The Morgan fingerprint density at radius 2 is 1.85 bits per heavy atom. The van der Waals surface area contributed by atoms with E-state index in [0.717, 1.165) is 33.3 Å². The van der Waals surface area contributed by atoms with Crippen molar-refractivity contribution in [3.8, 4) is 22.5 Å². The predicted octanol–water partition coefficient (Wildman–Crippen LogP) is 4.56. The van der Waals surface area contributed by atoms with Crippen molar-refractivity contribution < 1.29 is 4.79 Å². The summed E-state index contributed by atoms with van der Waals surface area (Å²) < 4.78 is 0. The second-order valence-electron chi connectivity index (χ2n) is 8.00. The van der Waals surface area contributed by atoms with E-state index >= 15 is 0 Å². The predicted molar refractivity (Wildman–Crippen MR) is 132 cm³/mol. The molecule has 0 spiro atoms. The molecule has 1 saturated heterocycles. The van der Waals surface area contributed by atoms with Gasteiger partial charge in [-0.15, -0.1) is 11.8 Å². The van der Waals surface area contributed by atoms with Gasteiger partial charge < -0.3 is 4.98 Å². The fraction of sp³-hybridized carbons (Fsp3) is 0.120. The number of pyridine rings is 1. The molecule has 1 aliphatic rings. The number of rotatable bonds is 4. The van der Waals surface area contributed by atoms with Crippen LogP contribution in [0, 0.1) is 6.92 Å². The molecule has 9 heteroatoms. The van der Waals surface area contributed by atoms with E-state index in [0.29, 0.717) is 23.1 Å². The average Bonchev–Trinajstić information content (AvgIpc) is 3.48. The first kappa shape index (κ1) is 20.5. The zero-order valence-corrected chi connectivity index (χ0v) is 19.0. The highest BCUT2D eigenvalue weighted by Gasteiger charge is 2.37. The molecule has 1 atom stereocenters. The molecule has 0 radical (unpaired) electrons. The quantitative estimate of drug-likeness (QED) is 0.415. The van der Waals surface area contributed by atoms with Crippen molar-refractivity contribution in [3.05, 3.63) is 84.8 Å². The van der Waals surface area contributed by atoms with Crippen molar-refractivity contribution in [1.82, 2.24) is 29.9 Å². The minimum Gasteiger partial charge on any atom is -0.360 e. The number of amides is 1. The standard InChI is InChI=1S/C25H19N7OS/c1-15-6-7-20(28-9-15)24-32(23(33)13-34-24)25-30-21(16-10-26-14-27-11-16)8-22(31-25)18-12-29-19-5-3-2-4-17(18)19/h2-12,14,24,29H,13H2,1H3. The van der Waals surface area contributed by atoms with Crippen LogP contribution in [0.4, 0.5) is 5.95 Å². The van der Waals surface area contributed by atoms with Gasteiger partial charge in [-0.25, -0.2) is 19.9 Å².